The van der Waals surface area contributed by atoms with Crippen LogP contribution in [0.15, 0.2) is 85.2 Å². The Hall–Kier alpha value is -3.90. The maximum atomic E-state index is 13.4. The number of amides is 2. The number of hydrogen-bond acceptors (Lipinski definition) is 3. The van der Waals surface area contributed by atoms with Crippen molar-refractivity contribution < 1.29 is 9.59 Å². The molecule has 0 fully saturated rings. The maximum absolute atomic E-state index is 13.4. The van der Waals surface area contributed by atoms with E-state index in [4.69, 9.17) is 11.6 Å². The summed E-state index contributed by atoms with van der Waals surface area (Å²) in [6, 6.07) is 22.2. The van der Waals surface area contributed by atoms with E-state index in [0.717, 1.165) is 22.5 Å². The number of aromatic nitrogens is 2. The molecule has 1 aliphatic heterocycles. The molecular weight excluding hydrogens is 436 g/mol. The first-order chi connectivity index (χ1) is 16.1. The molecule has 3 heterocycles. The van der Waals surface area contributed by atoms with E-state index < -0.39 is 0 Å². The highest BCUT2D eigenvalue weighted by molar-refractivity contribution is 6.30. The number of carbonyl (C=O) groups is 2. The first-order valence-corrected chi connectivity index (χ1v) is 11.0. The van der Waals surface area contributed by atoms with Crippen LogP contribution in [-0.4, -0.2) is 21.4 Å². The van der Waals surface area contributed by atoms with Gasteiger partial charge in [-0.05, 0) is 59.7 Å². The number of halogens is 1. The zero-order valence-electron chi connectivity index (χ0n) is 17.7. The van der Waals surface area contributed by atoms with Crippen LogP contribution < -0.4 is 10.2 Å². The molecule has 0 aliphatic carbocycles. The monoisotopic (exact) mass is 456 g/mol. The van der Waals surface area contributed by atoms with Crippen molar-refractivity contribution in [1.82, 2.24) is 14.9 Å². The van der Waals surface area contributed by atoms with Crippen LogP contribution in [-0.2, 0) is 19.6 Å². The lowest BCUT2D eigenvalue weighted by molar-refractivity contribution is 0.0941. The van der Waals surface area contributed by atoms with Gasteiger partial charge in [0.15, 0.2) is 0 Å². The first-order valence-electron chi connectivity index (χ1n) is 10.6. The number of para-hydroxylation sites is 1. The molecule has 1 aliphatic rings. The van der Waals surface area contributed by atoms with E-state index in [9.17, 15) is 9.59 Å². The standard InChI is InChI=1S/C26H21ClN4O2/c27-21-9-7-19(8-10-21)26(33)31-17-22-11-12-24(25(32)29-15-18-4-3-13-28-14-18)30(22)16-20-5-1-2-6-23(20)31/h1-14H,15-17H2,(H,29,32). The zero-order valence-corrected chi connectivity index (χ0v) is 18.5. The quantitative estimate of drug-likeness (QED) is 0.485. The molecule has 2 aromatic carbocycles. The predicted molar refractivity (Wildman–Crippen MR) is 127 cm³/mol. The van der Waals surface area contributed by atoms with Gasteiger partial charge in [-0.2, -0.15) is 0 Å². The molecule has 6 nitrogen and oxygen atoms in total. The summed E-state index contributed by atoms with van der Waals surface area (Å²) in [5.41, 5.74) is 4.74. The number of carbonyl (C=O) groups excluding carboxylic acids is 2. The van der Waals surface area contributed by atoms with Gasteiger partial charge in [-0.25, -0.2) is 0 Å². The molecule has 0 bridgehead atoms. The normalized spacial score (nSPS) is 12.5. The van der Waals surface area contributed by atoms with Crippen molar-refractivity contribution in [3.63, 3.8) is 0 Å². The van der Waals surface area contributed by atoms with Gasteiger partial charge < -0.3 is 14.8 Å². The fourth-order valence-electron chi connectivity index (χ4n) is 4.06. The summed E-state index contributed by atoms with van der Waals surface area (Å²) in [7, 11) is 0. The second-order valence-electron chi connectivity index (χ2n) is 7.87. The van der Waals surface area contributed by atoms with Crippen LogP contribution in [0.25, 0.3) is 0 Å². The fourth-order valence-corrected chi connectivity index (χ4v) is 4.19. The lowest BCUT2D eigenvalue weighted by Crippen LogP contribution is -2.30. The molecule has 7 heteroatoms. The third-order valence-electron chi connectivity index (χ3n) is 5.75. The molecule has 33 heavy (non-hydrogen) atoms. The fraction of sp³-hybridized carbons (Fsp3) is 0.115. The van der Waals surface area contributed by atoms with Gasteiger partial charge in [-0.1, -0.05) is 35.9 Å². The summed E-state index contributed by atoms with van der Waals surface area (Å²) < 4.78 is 1.98. The van der Waals surface area contributed by atoms with Gasteiger partial charge in [0.25, 0.3) is 11.8 Å². The van der Waals surface area contributed by atoms with Gasteiger partial charge in [0.05, 0.1) is 13.1 Å². The number of benzene rings is 2. The van der Waals surface area contributed by atoms with Crippen LogP contribution >= 0.6 is 11.6 Å². The SMILES string of the molecule is O=C(NCc1cccnc1)c1ccc2n1Cc1ccccc1N(C(=O)c1ccc(Cl)cc1)C2. The van der Waals surface area contributed by atoms with E-state index in [1.165, 1.54) is 0 Å². The van der Waals surface area contributed by atoms with Gasteiger partial charge in [0.1, 0.15) is 5.69 Å². The summed E-state index contributed by atoms with van der Waals surface area (Å²) in [5, 5.41) is 3.55. The number of anilines is 1. The van der Waals surface area contributed by atoms with Crippen LogP contribution in [0.1, 0.15) is 37.7 Å². The summed E-state index contributed by atoms with van der Waals surface area (Å²) in [4.78, 5) is 32.3. The van der Waals surface area contributed by atoms with E-state index in [0.29, 0.717) is 35.9 Å². The second kappa shape index (κ2) is 8.92. The molecule has 0 atom stereocenters. The van der Waals surface area contributed by atoms with Crippen molar-refractivity contribution in [3.05, 3.63) is 118 Å². The molecule has 164 valence electrons. The number of nitrogens with zero attached hydrogens (tertiary/aromatic N) is 3. The molecule has 0 saturated carbocycles. The summed E-state index contributed by atoms with van der Waals surface area (Å²) >= 11 is 6.00. The van der Waals surface area contributed by atoms with Gasteiger partial charge in [0, 0.05) is 40.9 Å². The van der Waals surface area contributed by atoms with E-state index in [1.54, 1.807) is 41.6 Å². The highest BCUT2D eigenvalue weighted by atomic mass is 35.5. The van der Waals surface area contributed by atoms with Crippen LogP contribution in [0.3, 0.4) is 0 Å². The van der Waals surface area contributed by atoms with E-state index in [2.05, 4.69) is 10.3 Å². The Bertz CT molecular complexity index is 1320. The Morgan fingerprint density at radius 2 is 1.76 bits per heavy atom. The molecule has 0 spiro atoms. The third kappa shape index (κ3) is 4.25. The lowest BCUT2D eigenvalue weighted by atomic mass is 10.1. The van der Waals surface area contributed by atoms with Crippen LogP contribution in [0.2, 0.25) is 5.02 Å². The van der Waals surface area contributed by atoms with Crippen molar-refractivity contribution in [3.8, 4) is 0 Å². The smallest absolute Gasteiger partial charge is 0.268 e. The van der Waals surface area contributed by atoms with Gasteiger partial charge in [-0.3, -0.25) is 14.6 Å². The Labute approximate surface area is 196 Å². The largest absolute Gasteiger partial charge is 0.347 e. The minimum absolute atomic E-state index is 0.114. The Morgan fingerprint density at radius 1 is 0.939 bits per heavy atom. The van der Waals surface area contributed by atoms with E-state index in [-0.39, 0.29) is 11.8 Å². The number of nitrogens with one attached hydrogen (secondary N) is 1. The highest BCUT2D eigenvalue weighted by Gasteiger charge is 2.27. The Morgan fingerprint density at radius 3 is 2.55 bits per heavy atom. The Balaban J connectivity index is 1.46. The van der Waals surface area contributed by atoms with Crippen molar-refractivity contribution in [2.24, 2.45) is 0 Å². The second-order valence-corrected chi connectivity index (χ2v) is 8.30. The lowest BCUT2D eigenvalue weighted by Gasteiger charge is -2.22. The van der Waals surface area contributed by atoms with E-state index >= 15 is 0 Å². The minimum Gasteiger partial charge on any atom is -0.347 e. The van der Waals surface area contributed by atoms with Gasteiger partial charge >= 0.3 is 0 Å². The van der Waals surface area contributed by atoms with Crippen LogP contribution in [0, 0.1) is 0 Å². The van der Waals surface area contributed by atoms with E-state index in [1.807, 2.05) is 53.1 Å². The van der Waals surface area contributed by atoms with Crippen molar-refractivity contribution >= 4 is 29.1 Å². The highest BCUT2D eigenvalue weighted by Crippen LogP contribution is 2.30. The number of fused-ring (bicyclic) bond motifs is 2. The van der Waals surface area contributed by atoms with Gasteiger partial charge in [0.2, 0.25) is 0 Å². The summed E-state index contributed by atoms with van der Waals surface area (Å²) in [5.74, 6) is -0.281. The molecule has 2 amide bonds. The van der Waals surface area contributed by atoms with Crippen LogP contribution in [0.4, 0.5) is 5.69 Å². The molecule has 4 aromatic rings. The predicted octanol–water partition coefficient (Wildman–Crippen LogP) is 4.68. The third-order valence-corrected chi connectivity index (χ3v) is 6.00. The average molecular weight is 457 g/mol. The Kier molecular flexibility index (Phi) is 5.67. The van der Waals surface area contributed by atoms with Crippen molar-refractivity contribution in [2.75, 3.05) is 4.90 Å². The minimum atomic E-state index is -0.167. The van der Waals surface area contributed by atoms with Gasteiger partial charge in [-0.15, -0.1) is 0 Å². The molecule has 2 aromatic heterocycles. The molecule has 0 radical (unpaired) electrons. The molecule has 5 rings (SSSR count). The molecule has 0 saturated heterocycles. The average Bonchev–Trinajstić information content (AvgIpc) is 3.16. The molecule has 0 unspecified atom stereocenters. The topological polar surface area (TPSA) is 67.2 Å². The first kappa shape index (κ1) is 21.0. The summed E-state index contributed by atoms with van der Waals surface area (Å²) in [6.45, 7) is 1.25. The summed E-state index contributed by atoms with van der Waals surface area (Å²) in [6.07, 6.45) is 3.43. The number of hydrogen-bond donors (Lipinski definition) is 1. The van der Waals surface area contributed by atoms with Crippen molar-refractivity contribution in [1.29, 1.82) is 0 Å². The number of rotatable bonds is 4. The number of pyridine rings is 1. The molecular formula is C26H21ClN4O2. The zero-order chi connectivity index (χ0) is 22.8. The maximum Gasteiger partial charge on any atom is 0.268 e. The van der Waals surface area contributed by atoms with Crippen molar-refractivity contribution in [2.45, 2.75) is 19.6 Å². The molecule has 1 N–H and O–H groups in total. The van der Waals surface area contributed by atoms with Crippen LogP contribution in [0.5, 0.6) is 0 Å².